The molecule has 0 aliphatic heterocycles. The molecule has 6 heteroatoms. The summed E-state index contributed by atoms with van der Waals surface area (Å²) in [4.78, 5) is 0. The van der Waals surface area contributed by atoms with Gasteiger partial charge in [0, 0.05) is 0 Å². The molecule has 5 nitrogen and oxygen atoms in total. The molecule has 1 aliphatic carbocycles. The van der Waals surface area contributed by atoms with Crippen molar-refractivity contribution in [3.05, 3.63) is 29.6 Å². The zero-order chi connectivity index (χ0) is 13.1. The van der Waals surface area contributed by atoms with Gasteiger partial charge in [-0.1, -0.05) is 0 Å². The fourth-order valence-corrected chi connectivity index (χ4v) is 1.59. The number of amidine groups is 1. The van der Waals surface area contributed by atoms with E-state index in [2.05, 4.69) is 10.5 Å². The van der Waals surface area contributed by atoms with E-state index >= 15 is 0 Å². The summed E-state index contributed by atoms with van der Waals surface area (Å²) in [6.07, 6.45) is 2.00. The van der Waals surface area contributed by atoms with Gasteiger partial charge in [0.25, 0.3) is 0 Å². The van der Waals surface area contributed by atoms with Crippen LogP contribution in [-0.4, -0.2) is 11.5 Å². The van der Waals surface area contributed by atoms with Crippen LogP contribution in [0.2, 0.25) is 0 Å². The van der Waals surface area contributed by atoms with Crippen LogP contribution < -0.4 is 11.2 Å². The second-order valence-corrected chi connectivity index (χ2v) is 4.11. The van der Waals surface area contributed by atoms with Crippen LogP contribution in [0, 0.1) is 22.6 Å². The summed E-state index contributed by atoms with van der Waals surface area (Å²) in [7, 11) is 0. The monoisotopic (exact) mass is 245 g/mol. The zero-order valence-corrected chi connectivity index (χ0v) is 9.57. The van der Waals surface area contributed by atoms with Gasteiger partial charge in [-0.2, -0.15) is 10.4 Å². The third kappa shape index (κ3) is 2.63. The van der Waals surface area contributed by atoms with Crippen molar-refractivity contribution in [3.8, 4) is 6.07 Å². The van der Waals surface area contributed by atoms with Gasteiger partial charge in [0.05, 0.1) is 5.69 Å². The fourth-order valence-electron chi connectivity index (χ4n) is 1.59. The van der Waals surface area contributed by atoms with Crippen LogP contribution in [0.3, 0.4) is 0 Å². The van der Waals surface area contributed by atoms with Crippen LogP contribution in [0.4, 0.5) is 10.1 Å². The molecule has 92 valence electrons. The Hall–Kier alpha value is -2.42. The summed E-state index contributed by atoms with van der Waals surface area (Å²) in [6, 6.07) is 6.26. The summed E-state index contributed by atoms with van der Waals surface area (Å²) < 4.78 is 13.5. The average molecular weight is 245 g/mol. The highest BCUT2D eigenvalue weighted by atomic mass is 19.1. The largest absolute Gasteiger partial charge is 0.382 e. The lowest BCUT2D eigenvalue weighted by atomic mass is 10.1. The molecular formula is C12H12FN5. The Morgan fingerprint density at radius 2 is 2.28 bits per heavy atom. The molecular weight excluding hydrogens is 233 g/mol. The molecule has 1 fully saturated rings. The van der Waals surface area contributed by atoms with E-state index in [9.17, 15) is 4.39 Å². The van der Waals surface area contributed by atoms with Crippen LogP contribution in [-0.2, 0) is 0 Å². The number of halogens is 1. The summed E-state index contributed by atoms with van der Waals surface area (Å²) in [5.41, 5.74) is 8.80. The van der Waals surface area contributed by atoms with Gasteiger partial charge < -0.3 is 5.73 Å². The predicted molar refractivity (Wildman–Crippen MR) is 67.0 cm³/mol. The van der Waals surface area contributed by atoms with Crippen molar-refractivity contribution < 1.29 is 4.39 Å². The molecule has 0 radical (unpaired) electrons. The zero-order valence-electron chi connectivity index (χ0n) is 9.57. The third-order valence-electron chi connectivity index (χ3n) is 2.67. The van der Waals surface area contributed by atoms with Crippen LogP contribution in [0.5, 0.6) is 0 Å². The number of anilines is 1. The Morgan fingerprint density at radius 3 is 2.83 bits per heavy atom. The Labute approximate surface area is 104 Å². The topological polar surface area (TPSA) is 98.0 Å². The quantitative estimate of drug-likeness (QED) is 0.429. The smallest absolute Gasteiger partial charge is 0.201 e. The predicted octanol–water partition coefficient (Wildman–Crippen LogP) is 1.93. The SMILES string of the molecule is N#C/C(=N\Nc1ccc(F)c(C2CC2)c1)C(=N)N. The minimum atomic E-state index is -0.408. The summed E-state index contributed by atoms with van der Waals surface area (Å²) in [5.74, 6) is -0.340. The Morgan fingerprint density at radius 1 is 1.56 bits per heavy atom. The molecule has 0 bridgehead atoms. The maximum absolute atomic E-state index is 13.5. The van der Waals surface area contributed by atoms with Gasteiger partial charge >= 0.3 is 0 Å². The molecule has 0 spiro atoms. The first-order chi connectivity index (χ1) is 8.61. The maximum atomic E-state index is 13.5. The average Bonchev–Trinajstić information content (AvgIpc) is 3.15. The molecule has 2 rings (SSSR count). The van der Waals surface area contributed by atoms with E-state index in [0.717, 1.165) is 12.8 Å². The normalized spacial score (nSPS) is 15.0. The van der Waals surface area contributed by atoms with Gasteiger partial charge in [-0.15, -0.1) is 0 Å². The van der Waals surface area contributed by atoms with Gasteiger partial charge in [0.15, 0.2) is 5.84 Å². The molecule has 1 aromatic carbocycles. The minimum absolute atomic E-state index is 0.202. The molecule has 18 heavy (non-hydrogen) atoms. The summed E-state index contributed by atoms with van der Waals surface area (Å²) in [5, 5.41) is 19.5. The first-order valence-corrected chi connectivity index (χ1v) is 5.49. The van der Waals surface area contributed by atoms with E-state index in [1.54, 1.807) is 12.1 Å². The molecule has 1 aliphatic rings. The van der Waals surface area contributed by atoms with Gasteiger partial charge in [-0.25, -0.2) is 4.39 Å². The second kappa shape index (κ2) is 4.84. The molecule has 0 aromatic heterocycles. The number of nitrogens with two attached hydrogens (primary N) is 1. The Balaban J connectivity index is 2.17. The van der Waals surface area contributed by atoms with E-state index in [1.807, 2.05) is 0 Å². The molecule has 1 saturated carbocycles. The number of hydrazone groups is 1. The van der Waals surface area contributed by atoms with Crippen LogP contribution >= 0.6 is 0 Å². The molecule has 4 N–H and O–H groups in total. The van der Waals surface area contributed by atoms with Crippen LogP contribution in [0.25, 0.3) is 0 Å². The van der Waals surface area contributed by atoms with E-state index in [0.29, 0.717) is 17.2 Å². The molecule has 0 atom stereocenters. The number of benzene rings is 1. The number of nitriles is 1. The fraction of sp³-hybridized carbons (Fsp3) is 0.250. The van der Waals surface area contributed by atoms with Crippen LogP contribution in [0.15, 0.2) is 23.3 Å². The highest BCUT2D eigenvalue weighted by molar-refractivity contribution is 6.45. The van der Waals surface area contributed by atoms with Crippen molar-refractivity contribution in [2.75, 3.05) is 5.43 Å². The number of hydrogen-bond donors (Lipinski definition) is 3. The molecule has 0 amide bonds. The van der Waals surface area contributed by atoms with Crippen molar-refractivity contribution >= 4 is 17.2 Å². The first-order valence-electron chi connectivity index (χ1n) is 5.49. The number of nitrogens with zero attached hydrogens (tertiary/aromatic N) is 2. The second-order valence-electron chi connectivity index (χ2n) is 4.11. The minimum Gasteiger partial charge on any atom is -0.382 e. The number of rotatable bonds is 4. The Bertz CT molecular complexity index is 554. The van der Waals surface area contributed by atoms with E-state index < -0.39 is 5.84 Å². The first kappa shape index (κ1) is 12.0. The van der Waals surface area contributed by atoms with Crippen molar-refractivity contribution in [3.63, 3.8) is 0 Å². The van der Waals surface area contributed by atoms with Gasteiger partial charge in [0.2, 0.25) is 5.71 Å². The van der Waals surface area contributed by atoms with Crippen molar-refractivity contribution in [1.82, 2.24) is 0 Å². The lowest BCUT2D eigenvalue weighted by molar-refractivity contribution is 0.611. The third-order valence-corrected chi connectivity index (χ3v) is 2.67. The van der Waals surface area contributed by atoms with Gasteiger partial charge in [-0.3, -0.25) is 10.8 Å². The molecule has 0 unspecified atom stereocenters. The molecule has 0 heterocycles. The molecule has 0 saturated heterocycles. The van der Waals surface area contributed by atoms with Crippen molar-refractivity contribution in [2.24, 2.45) is 10.8 Å². The van der Waals surface area contributed by atoms with Crippen molar-refractivity contribution in [1.29, 1.82) is 10.7 Å². The van der Waals surface area contributed by atoms with Crippen LogP contribution in [0.1, 0.15) is 24.3 Å². The standard InChI is InChI=1S/C12H12FN5/c13-10-4-3-8(5-9(10)7-1-2-7)17-18-11(6-14)12(15)16/h3-5,7,17H,1-2H2,(H3,15,16)/b18-11+. The Kier molecular flexibility index (Phi) is 3.24. The van der Waals surface area contributed by atoms with E-state index in [1.165, 1.54) is 12.1 Å². The van der Waals surface area contributed by atoms with E-state index in [-0.39, 0.29) is 11.5 Å². The summed E-state index contributed by atoms with van der Waals surface area (Å²) in [6.45, 7) is 0. The number of nitrogens with one attached hydrogen (secondary N) is 2. The number of hydrogen-bond acceptors (Lipinski definition) is 4. The van der Waals surface area contributed by atoms with Gasteiger partial charge in [-0.05, 0) is 42.5 Å². The van der Waals surface area contributed by atoms with Crippen molar-refractivity contribution in [2.45, 2.75) is 18.8 Å². The van der Waals surface area contributed by atoms with Gasteiger partial charge in [0.1, 0.15) is 11.9 Å². The lowest BCUT2D eigenvalue weighted by Crippen LogP contribution is -2.21. The highest BCUT2D eigenvalue weighted by Gasteiger charge is 2.26. The van der Waals surface area contributed by atoms with E-state index in [4.69, 9.17) is 16.4 Å². The maximum Gasteiger partial charge on any atom is 0.201 e. The molecule has 1 aromatic rings. The summed E-state index contributed by atoms with van der Waals surface area (Å²) >= 11 is 0. The lowest BCUT2D eigenvalue weighted by Gasteiger charge is -2.05. The highest BCUT2D eigenvalue weighted by Crippen LogP contribution is 2.42.